The molecule has 0 heterocycles. The van der Waals surface area contributed by atoms with Crippen molar-refractivity contribution in [2.24, 2.45) is 0 Å². The first-order valence-electron chi connectivity index (χ1n) is 7.59. The fourth-order valence-electron chi connectivity index (χ4n) is 2.70. The Hall–Kier alpha value is -1.50. The van der Waals surface area contributed by atoms with Crippen molar-refractivity contribution in [3.63, 3.8) is 0 Å². The Morgan fingerprint density at radius 2 is 1.47 bits per heavy atom. The Labute approximate surface area is 116 Å². The van der Waals surface area contributed by atoms with Crippen LogP contribution in [0, 0.1) is 0 Å². The maximum atomic E-state index is 6.03. The third-order valence-corrected chi connectivity index (χ3v) is 3.85. The average molecular weight is 255 g/mol. The van der Waals surface area contributed by atoms with Crippen LogP contribution in [0.2, 0.25) is 0 Å². The lowest BCUT2D eigenvalue weighted by atomic mass is 9.98. The van der Waals surface area contributed by atoms with Crippen LogP contribution in [0.25, 0.3) is 10.8 Å². The minimum absolute atomic E-state index is 0.891. The summed E-state index contributed by atoms with van der Waals surface area (Å²) in [5, 5.41) is 2.53. The van der Waals surface area contributed by atoms with Gasteiger partial charge in [-0.1, -0.05) is 69.4 Å². The predicted octanol–water partition coefficient (Wildman–Crippen LogP) is 5.33. The molecule has 0 radical (unpaired) electrons. The molecular weight excluding hydrogens is 230 g/mol. The van der Waals surface area contributed by atoms with E-state index in [4.69, 9.17) is 5.73 Å². The lowest BCUT2D eigenvalue weighted by Gasteiger charge is -2.08. The molecule has 0 aliphatic carbocycles. The van der Waals surface area contributed by atoms with Crippen LogP contribution in [0.5, 0.6) is 0 Å². The first-order valence-corrected chi connectivity index (χ1v) is 7.59. The lowest BCUT2D eigenvalue weighted by molar-refractivity contribution is 0.608. The van der Waals surface area contributed by atoms with Crippen molar-refractivity contribution in [3.8, 4) is 0 Å². The number of aryl methyl sites for hydroxylation is 1. The van der Waals surface area contributed by atoms with E-state index in [0.717, 1.165) is 5.69 Å². The molecule has 0 spiro atoms. The van der Waals surface area contributed by atoms with Gasteiger partial charge in [0.1, 0.15) is 0 Å². The standard InChI is InChI=1S/C18H25N/c1-2-3-4-5-6-7-10-15-13-14-18(19)17-12-9-8-11-16(15)17/h8-9,11-14H,2-7,10,19H2,1H3. The molecule has 1 heteroatoms. The molecule has 1 nitrogen and oxygen atoms in total. The minimum atomic E-state index is 0.891. The van der Waals surface area contributed by atoms with Crippen LogP contribution in [-0.4, -0.2) is 0 Å². The van der Waals surface area contributed by atoms with E-state index in [1.807, 2.05) is 0 Å². The van der Waals surface area contributed by atoms with Crippen LogP contribution in [0.15, 0.2) is 36.4 Å². The molecule has 0 saturated carbocycles. The second kappa shape index (κ2) is 7.18. The summed E-state index contributed by atoms with van der Waals surface area (Å²) in [5.41, 5.74) is 8.37. The van der Waals surface area contributed by atoms with Crippen LogP contribution in [0.4, 0.5) is 5.69 Å². The molecule has 102 valence electrons. The van der Waals surface area contributed by atoms with Gasteiger partial charge in [0.15, 0.2) is 0 Å². The molecule has 19 heavy (non-hydrogen) atoms. The summed E-state index contributed by atoms with van der Waals surface area (Å²) in [6.45, 7) is 2.26. The van der Waals surface area contributed by atoms with Gasteiger partial charge in [0.05, 0.1) is 0 Å². The summed E-state index contributed by atoms with van der Waals surface area (Å²) in [6, 6.07) is 12.7. The number of rotatable bonds is 7. The number of benzene rings is 2. The predicted molar refractivity (Wildman–Crippen MR) is 85.4 cm³/mol. The number of hydrogen-bond acceptors (Lipinski definition) is 1. The number of unbranched alkanes of at least 4 members (excludes halogenated alkanes) is 5. The van der Waals surface area contributed by atoms with E-state index in [9.17, 15) is 0 Å². The highest BCUT2D eigenvalue weighted by Gasteiger charge is 2.03. The van der Waals surface area contributed by atoms with Crippen LogP contribution in [0.3, 0.4) is 0 Å². The number of hydrogen-bond donors (Lipinski definition) is 1. The van der Waals surface area contributed by atoms with Crippen molar-refractivity contribution < 1.29 is 0 Å². The largest absolute Gasteiger partial charge is 0.398 e. The van der Waals surface area contributed by atoms with E-state index >= 15 is 0 Å². The molecule has 0 atom stereocenters. The first-order chi connectivity index (χ1) is 9.33. The molecule has 0 fully saturated rings. The maximum Gasteiger partial charge on any atom is 0.0393 e. The van der Waals surface area contributed by atoms with Crippen LogP contribution < -0.4 is 5.73 Å². The molecule has 0 bridgehead atoms. The molecule has 0 aromatic heterocycles. The van der Waals surface area contributed by atoms with Gasteiger partial charge in [0, 0.05) is 11.1 Å². The SMILES string of the molecule is CCCCCCCCc1ccc(N)c2ccccc12. The molecule has 2 N–H and O–H groups in total. The van der Waals surface area contributed by atoms with Gasteiger partial charge in [0.2, 0.25) is 0 Å². The van der Waals surface area contributed by atoms with Gasteiger partial charge in [-0.15, -0.1) is 0 Å². The Balaban J connectivity index is 1.96. The molecular formula is C18H25N. The van der Waals surface area contributed by atoms with E-state index in [0.29, 0.717) is 0 Å². The molecule has 0 unspecified atom stereocenters. The van der Waals surface area contributed by atoms with Crippen molar-refractivity contribution in [2.75, 3.05) is 5.73 Å². The normalized spacial score (nSPS) is 11.0. The molecule has 0 saturated heterocycles. The fourth-order valence-corrected chi connectivity index (χ4v) is 2.70. The third kappa shape index (κ3) is 3.73. The van der Waals surface area contributed by atoms with Gasteiger partial charge in [0.25, 0.3) is 0 Å². The van der Waals surface area contributed by atoms with Crippen LogP contribution in [0.1, 0.15) is 51.0 Å². The van der Waals surface area contributed by atoms with E-state index in [-0.39, 0.29) is 0 Å². The third-order valence-electron chi connectivity index (χ3n) is 3.85. The Morgan fingerprint density at radius 3 is 2.26 bits per heavy atom. The van der Waals surface area contributed by atoms with Crippen molar-refractivity contribution >= 4 is 16.5 Å². The second-order valence-electron chi connectivity index (χ2n) is 5.38. The van der Waals surface area contributed by atoms with Gasteiger partial charge in [-0.05, 0) is 29.9 Å². The Morgan fingerprint density at radius 1 is 0.789 bits per heavy atom. The summed E-state index contributed by atoms with van der Waals surface area (Å²) >= 11 is 0. The first kappa shape index (κ1) is 13.9. The highest BCUT2D eigenvalue weighted by molar-refractivity contribution is 5.95. The van der Waals surface area contributed by atoms with Crippen molar-refractivity contribution in [3.05, 3.63) is 42.0 Å². The number of fused-ring (bicyclic) bond motifs is 1. The summed E-state index contributed by atoms with van der Waals surface area (Å²) in [5.74, 6) is 0. The highest BCUT2D eigenvalue weighted by Crippen LogP contribution is 2.25. The molecule has 0 amide bonds. The molecule has 0 aliphatic heterocycles. The van der Waals surface area contributed by atoms with Crippen molar-refractivity contribution in [1.82, 2.24) is 0 Å². The van der Waals surface area contributed by atoms with Gasteiger partial charge >= 0.3 is 0 Å². The number of nitrogen functional groups attached to an aromatic ring is 1. The highest BCUT2D eigenvalue weighted by atomic mass is 14.5. The lowest BCUT2D eigenvalue weighted by Crippen LogP contribution is -1.92. The minimum Gasteiger partial charge on any atom is -0.398 e. The summed E-state index contributed by atoms with van der Waals surface area (Å²) in [7, 11) is 0. The average Bonchev–Trinajstić information content (AvgIpc) is 2.45. The summed E-state index contributed by atoms with van der Waals surface area (Å²) in [6.07, 6.45) is 9.27. The van der Waals surface area contributed by atoms with Gasteiger partial charge in [-0.3, -0.25) is 0 Å². The molecule has 0 aliphatic rings. The van der Waals surface area contributed by atoms with Crippen LogP contribution >= 0.6 is 0 Å². The zero-order valence-corrected chi connectivity index (χ0v) is 12.0. The number of nitrogens with two attached hydrogens (primary N) is 1. The molecule has 2 aromatic rings. The van der Waals surface area contributed by atoms with E-state index in [1.54, 1.807) is 0 Å². The summed E-state index contributed by atoms with van der Waals surface area (Å²) in [4.78, 5) is 0. The van der Waals surface area contributed by atoms with Crippen molar-refractivity contribution in [2.45, 2.75) is 51.9 Å². The van der Waals surface area contributed by atoms with E-state index in [2.05, 4.69) is 43.3 Å². The van der Waals surface area contributed by atoms with Gasteiger partial charge < -0.3 is 5.73 Å². The maximum absolute atomic E-state index is 6.03. The number of anilines is 1. The topological polar surface area (TPSA) is 26.0 Å². The van der Waals surface area contributed by atoms with E-state index < -0.39 is 0 Å². The van der Waals surface area contributed by atoms with Crippen molar-refractivity contribution in [1.29, 1.82) is 0 Å². The van der Waals surface area contributed by atoms with Gasteiger partial charge in [-0.25, -0.2) is 0 Å². The quantitative estimate of drug-likeness (QED) is 0.525. The molecule has 2 aromatic carbocycles. The molecule has 2 rings (SSSR count). The van der Waals surface area contributed by atoms with Gasteiger partial charge in [-0.2, -0.15) is 0 Å². The zero-order valence-electron chi connectivity index (χ0n) is 12.0. The summed E-state index contributed by atoms with van der Waals surface area (Å²) < 4.78 is 0. The zero-order chi connectivity index (χ0) is 13.5. The smallest absolute Gasteiger partial charge is 0.0393 e. The fraction of sp³-hybridized carbons (Fsp3) is 0.444. The Kier molecular flexibility index (Phi) is 5.26. The second-order valence-corrected chi connectivity index (χ2v) is 5.38. The Bertz CT molecular complexity index is 516. The monoisotopic (exact) mass is 255 g/mol. The van der Waals surface area contributed by atoms with Crippen LogP contribution in [-0.2, 0) is 6.42 Å². The van der Waals surface area contributed by atoms with E-state index in [1.165, 1.54) is 61.3 Å².